The molecule has 0 aliphatic carbocycles. The third-order valence-electron chi connectivity index (χ3n) is 2.38. The molecule has 104 valence electrons. The van der Waals surface area contributed by atoms with Gasteiger partial charge in [0.05, 0.1) is 4.92 Å². The van der Waals surface area contributed by atoms with Gasteiger partial charge in [-0.15, -0.1) is 0 Å². The number of carboxylic acid groups (broad SMARTS) is 1. The van der Waals surface area contributed by atoms with Gasteiger partial charge in [-0.25, -0.2) is 9.78 Å². The lowest BCUT2D eigenvalue weighted by Crippen LogP contribution is -2.16. The van der Waals surface area contributed by atoms with E-state index in [2.05, 4.69) is 10.3 Å². The Morgan fingerprint density at radius 2 is 2.37 bits per heavy atom. The third-order valence-corrected chi connectivity index (χ3v) is 3.29. The zero-order valence-corrected chi connectivity index (χ0v) is 11.4. The molecule has 7 nitrogen and oxygen atoms in total. The second-order valence-electron chi connectivity index (χ2n) is 4.09. The summed E-state index contributed by atoms with van der Waals surface area (Å²) in [5, 5.41) is 22.5. The number of nitrogens with one attached hydrogen (secondary N) is 1. The molecule has 8 heteroatoms. The molecular weight excluding hydrogens is 270 g/mol. The number of carboxylic acids is 1. The Hall–Kier alpha value is -1.83. The van der Waals surface area contributed by atoms with Crippen LogP contribution in [0.2, 0.25) is 0 Å². The fraction of sp³-hybridized carbons (Fsp3) is 0.455. The molecule has 0 spiro atoms. The van der Waals surface area contributed by atoms with Gasteiger partial charge in [0.15, 0.2) is 0 Å². The second kappa shape index (κ2) is 6.93. The topological polar surface area (TPSA) is 105 Å². The third kappa shape index (κ3) is 4.40. The van der Waals surface area contributed by atoms with Gasteiger partial charge >= 0.3 is 5.97 Å². The lowest BCUT2D eigenvalue weighted by Gasteiger charge is -2.12. The number of rotatable bonds is 7. The molecule has 0 aliphatic heterocycles. The van der Waals surface area contributed by atoms with Crippen LogP contribution in [0.4, 0.5) is 11.5 Å². The van der Waals surface area contributed by atoms with Gasteiger partial charge in [-0.1, -0.05) is 6.92 Å². The van der Waals surface area contributed by atoms with Crippen molar-refractivity contribution in [1.29, 1.82) is 0 Å². The summed E-state index contributed by atoms with van der Waals surface area (Å²) >= 11 is 1.70. The fourth-order valence-corrected chi connectivity index (χ4v) is 2.16. The van der Waals surface area contributed by atoms with E-state index in [1.165, 1.54) is 0 Å². The van der Waals surface area contributed by atoms with E-state index in [1.54, 1.807) is 11.8 Å². The maximum Gasteiger partial charge on any atom is 0.339 e. The van der Waals surface area contributed by atoms with Crippen molar-refractivity contribution in [1.82, 2.24) is 4.98 Å². The highest BCUT2D eigenvalue weighted by Crippen LogP contribution is 2.19. The van der Waals surface area contributed by atoms with Gasteiger partial charge in [0, 0.05) is 12.6 Å². The molecule has 0 fully saturated rings. The minimum Gasteiger partial charge on any atom is -0.478 e. The van der Waals surface area contributed by atoms with Gasteiger partial charge < -0.3 is 10.4 Å². The molecule has 1 unspecified atom stereocenters. The molecule has 2 N–H and O–H groups in total. The maximum atomic E-state index is 11.1. The summed E-state index contributed by atoms with van der Waals surface area (Å²) in [5.41, 5.74) is -0.523. The van der Waals surface area contributed by atoms with Crippen molar-refractivity contribution in [3.05, 3.63) is 27.9 Å². The molecular formula is C11H15N3O4S. The average molecular weight is 285 g/mol. The van der Waals surface area contributed by atoms with Gasteiger partial charge in [0.2, 0.25) is 0 Å². The first-order valence-electron chi connectivity index (χ1n) is 5.56. The Morgan fingerprint density at radius 1 is 1.68 bits per heavy atom. The van der Waals surface area contributed by atoms with E-state index in [-0.39, 0.29) is 17.1 Å². The Kier molecular flexibility index (Phi) is 5.56. The molecule has 1 heterocycles. The molecule has 19 heavy (non-hydrogen) atoms. The molecule has 1 atom stereocenters. The predicted octanol–water partition coefficient (Wildman–Crippen LogP) is 2.10. The van der Waals surface area contributed by atoms with Crippen LogP contribution < -0.4 is 5.32 Å². The summed E-state index contributed by atoms with van der Waals surface area (Å²) < 4.78 is 0. The van der Waals surface area contributed by atoms with Crippen LogP contribution in [0.25, 0.3) is 0 Å². The zero-order valence-electron chi connectivity index (χ0n) is 10.6. The highest BCUT2D eigenvalue weighted by Gasteiger charge is 2.17. The summed E-state index contributed by atoms with van der Waals surface area (Å²) in [6.07, 6.45) is 3.04. The summed E-state index contributed by atoms with van der Waals surface area (Å²) in [4.78, 5) is 24.8. The average Bonchev–Trinajstić information content (AvgIpc) is 2.36. The minimum atomic E-state index is -1.24. The van der Waals surface area contributed by atoms with Crippen LogP contribution in [0, 0.1) is 16.0 Å². The van der Waals surface area contributed by atoms with Crippen LogP contribution in [0.3, 0.4) is 0 Å². The first-order chi connectivity index (χ1) is 8.95. The number of thioether (sulfide) groups is 1. The van der Waals surface area contributed by atoms with E-state index in [0.717, 1.165) is 18.0 Å². The number of nitrogens with zero attached hydrogens (tertiary/aromatic N) is 2. The van der Waals surface area contributed by atoms with E-state index >= 15 is 0 Å². The Balaban J connectivity index is 2.88. The molecule has 0 aromatic carbocycles. The van der Waals surface area contributed by atoms with Crippen molar-refractivity contribution in [2.24, 2.45) is 5.92 Å². The van der Waals surface area contributed by atoms with E-state index in [1.807, 2.05) is 13.2 Å². The number of aromatic carboxylic acids is 1. The van der Waals surface area contributed by atoms with Crippen molar-refractivity contribution in [2.45, 2.75) is 6.92 Å². The van der Waals surface area contributed by atoms with E-state index in [4.69, 9.17) is 5.11 Å². The van der Waals surface area contributed by atoms with Crippen LogP contribution in [-0.2, 0) is 0 Å². The van der Waals surface area contributed by atoms with Gasteiger partial charge in [0.1, 0.15) is 17.6 Å². The van der Waals surface area contributed by atoms with Crippen molar-refractivity contribution < 1.29 is 14.8 Å². The van der Waals surface area contributed by atoms with Gasteiger partial charge in [-0.3, -0.25) is 10.1 Å². The zero-order chi connectivity index (χ0) is 14.4. The van der Waals surface area contributed by atoms with E-state index in [9.17, 15) is 14.9 Å². The number of pyridine rings is 1. The molecule has 1 aromatic heterocycles. The standard InChI is InChI=1S/C11H15N3O4S/c1-7(6-19-2)4-12-10-9(11(15)16)3-8(5-13-10)14(17)18/h3,5,7H,4,6H2,1-2H3,(H,12,13)(H,15,16). The van der Waals surface area contributed by atoms with Crippen molar-refractivity contribution in [2.75, 3.05) is 23.9 Å². The number of anilines is 1. The van der Waals surface area contributed by atoms with Crippen LogP contribution in [-0.4, -0.2) is 39.5 Å². The summed E-state index contributed by atoms with van der Waals surface area (Å²) in [6.45, 7) is 2.58. The van der Waals surface area contributed by atoms with Gasteiger partial charge in [-0.05, 0) is 17.9 Å². The first-order valence-corrected chi connectivity index (χ1v) is 6.95. The highest BCUT2D eigenvalue weighted by molar-refractivity contribution is 7.98. The monoisotopic (exact) mass is 285 g/mol. The van der Waals surface area contributed by atoms with Crippen LogP contribution in [0.15, 0.2) is 12.3 Å². The predicted molar refractivity (Wildman–Crippen MR) is 73.9 cm³/mol. The Morgan fingerprint density at radius 3 is 2.89 bits per heavy atom. The Labute approximate surface area is 114 Å². The minimum absolute atomic E-state index is 0.158. The van der Waals surface area contributed by atoms with Gasteiger partial charge in [0.25, 0.3) is 5.69 Å². The Bertz CT molecular complexity index is 481. The number of nitro groups is 1. The SMILES string of the molecule is CSCC(C)CNc1ncc([N+](=O)[O-])cc1C(=O)O. The molecule has 0 amide bonds. The molecule has 0 radical (unpaired) electrons. The summed E-state index contributed by atoms with van der Waals surface area (Å²) in [7, 11) is 0. The lowest BCUT2D eigenvalue weighted by molar-refractivity contribution is -0.385. The van der Waals surface area contributed by atoms with Gasteiger partial charge in [-0.2, -0.15) is 11.8 Å². The number of aromatic nitrogens is 1. The van der Waals surface area contributed by atoms with E-state index < -0.39 is 10.9 Å². The highest BCUT2D eigenvalue weighted by atomic mass is 32.2. The molecule has 0 saturated heterocycles. The number of hydrogen-bond donors (Lipinski definition) is 2. The molecule has 0 bridgehead atoms. The van der Waals surface area contributed by atoms with Crippen LogP contribution >= 0.6 is 11.8 Å². The lowest BCUT2D eigenvalue weighted by atomic mass is 10.2. The summed E-state index contributed by atoms with van der Waals surface area (Å²) in [6, 6.07) is 1.01. The quantitative estimate of drug-likeness (QED) is 0.583. The second-order valence-corrected chi connectivity index (χ2v) is 5.00. The van der Waals surface area contributed by atoms with Crippen molar-refractivity contribution in [3.63, 3.8) is 0 Å². The fourth-order valence-electron chi connectivity index (χ4n) is 1.47. The summed E-state index contributed by atoms with van der Waals surface area (Å²) in [5.74, 6) is 0.193. The van der Waals surface area contributed by atoms with Crippen molar-refractivity contribution in [3.8, 4) is 0 Å². The molecule has 1 aromatic rings. The van der Waals surface area contributed by atoms with Crippen molar-refractivity contribution >= 4 is 29.2 Å². The van der Waals surface area contributed by atoms with Crippen LogP contribution in [0.5, 0.6) is 0 Å². The number of carbonyl (C=O) groups is 1. The maximum absolute atomic E-state index is 11.1. The van der Waals surface area contributed by atoms with E-state index in [0.29, 0.717) is 12.5 Å². The molecule has 1 rings (SSSR count). The number of hydrogen-bond acceptors (Lipinski definition) is 6. The molecule has 0 aliphatic rings. The normalized spacial score (nSPS) is 11.9. The largest absolute Gasteiger partial charge is 0.478 e. The first kappa shape index (κ1) is 15.2. The van der Waals surface area contributed by atoms with Crippen LogP contribution in [0.1, 0.15) is 17.3 Å². The molecule has 0 saturated carbocycles. The smallest absolute Gasteiger partial charge is 0.339 e.